The second-order valence-electron chi connectivity index (χ2n) is 3.11. The molecule has 0 unspecified atom stereocenters. The van der Waals surface area contributed by atoms with Gasteiger partial charge in [0, 0.05) is 48.3 Å². The van der Waals surface area contributed by atoms with Crippen LogP contribution in [-0.4, -0.2) is 23.7 Å². The zero-order chi connectivity index (χ0) is 12.8. The molecule has 0 aliphatic heterocycles. The molecule has 0 fully saturated rings. The van der Waals surface area contributed by atoms with Crippen LogP contribution in [0.1, 0.15) is 17.3 Å². The average Bonchev–Trinajstić information content (AvgIpc) is 2.25. The van der Waals surface area contributed by atoms with E-state index in [2.05, 4.69) is 0 Å². The molecule has 0 atom stereocenters. The fourth-order valence-corrected chi connectivity index (χ4v) is 1.43. The maximum Gasteiger partial charge on any atom is 0.308 e. The van der Waals surface area contributed by atoms with Crippen molar-refractivity contribution >= 4 is 32.4 Å². The highest BCUT2D eigenvalue weighted by Gasteiger charge is 2.09. The number of methoxy groups -OCH3 is 1. The Morgan fingerprint density at radius 3 is 2.41 bits per heavy atom. The first-order valence-electron chi connectivity index (χ1n) is 4.68. The van der Waals surface area contributed by atoms with Gasteiger partial charge in [-0.25, -0.2) is 0 Å². The molecule has 0 aliphatic rings. The highest BCUT2D eigenvalue weighted by atomic mass is 127. The molecule has 17 heavy (non-hydrogen) atoms. The summed E-state index contributed by atoms with van der Waals surface area (Å²) in [5, 5.41) is 0. The fraction of sp³-hybridized carbons (Fsp3) is 0.273. The molecule has 0 saturated carbocycles. The molecule has 0 spiro atoms. The van der Waals surface area contributed by atoms with E-state index in [1.54, 1.807) is 28.7 Å². The lowest BCUT2D eigenvalue weighted by Crippen LogP contribution is -2.04. The Morgan fingerprint density at radius 1 is 1.24 bits per heavy atom. The Morgan fingerprint density at radius 2 is 1.88 bits per heavy atom. The number of hydrogen-bond donors (Lipinski definition) is 0. The maximum atomic E-state index is 11.3. The summed E-state index contributed by atoms with van der Waals surface area (Å²) in [7, 11) is 1.49. The van der Waals surface area contributed by atoms with Gasteiger partial charge in [0.2, 0.25) is 3.79 Å². The van der Waals surface area contributed by atoms with Crippen molar-refractivity contribution in [1.82, 2.24) is 0 Å². The number of ether oxygens (including phenoxy) is 3. The summed E-state index contributed by atoms with van der Waals surface area (Å²) in [5.74, 6) is 0.220. The van der Waals surface area contributed by atoms with E-state index in [4.69, 9.17) is 14.2 Å². The number of hydrogen-bond acceptors (Lipinski definition) is 5. The number of esters is 1. The van der Waals surface area contributed by atoms with Crippen LogP contribution in [0, 0.1) is 0 Å². The average molecular weight is 350 g/mol. The molecule has 0 saturated heterocycles. The van der Waals surface area contributed by atoms with E-state index in [9.17, 15) is 9.59 Å². The van der Waals surface area contributed by atoms with Crippen LogP contribution in [0.2, 0.25) is 0 Å². The van der Waals surface area contributed by atoms with E-state index in [1.807, 2.05) is 0 Å². The lowest BCUT2D eigenvalue weighted by atomic mass is 10.2. The van der Waals surface area contributed by atoms with E-state index < -0.39 is 5.97 Å². The Kier molecular flexibility index (Phi) is 5.36. The molecule has 0 aromatic heterocycles. The van der Waals surface area contributed by atoms with E-state index >= 15 is 0 Å². The van der Waals surface area contributed by atoms with Crippen LogP contribution in [0.5, 0.6) is 11.5 Å². The second kappa shape index (κ2) is 6.55. The molecule has 92 valence electrons. The monoisotopic (exact) mass is 350 g/mol. The van der Waals surface area contributed by atoms with Gasteiger partial charge in [-0.05, 0) is 12.1 Å². The molecular formula is C11H11IO5. The van der Waals surface area contributed by atoms with E-state index in [-0.39, 0.29) is 16.3 Å². The van der Waals surface area contributed by atoms with Crippen molar-refractivity contribution in [3.05, 3.63) is 23.8 Å². The third-order valence-electron chi connectivity index (χ3n) is 1.71. The van der Waals surface area contributed by atoms with Crippen molar-refractivity contribution in [3.8, 4) is 11.5 Å². The van der Waals surface area contributed by atoms with Crippen LogP contribution in [0.4, 0.5) is 0 Å². The van der Waals surface area contributed by atoms with Gasteiger partial charge in [0.05, 0.1) is 0 Å². The standard InChI is InChI=1S/C11H11IO5/c1-7(13)17-10-4-8(11(12)14)3-9(5-10)16-6-15-2/h3-5H,6H2,1-2H3. The van der Waals surface area contributed by atoms with E-state index in [0.29, 0.717) is 11.3 Å². The molecule has 0 heterocycles. The van der Waals surface area contributed by atoms with Gasteiger partial charge in [0.25, 0.3) is 0 Å². The van der Waals surface area contributed by atoms with Gasteiger partial charge in [-0.2, -0.15) is 0 Å². The minimum absolute atomic E-state index is 0.0540. The van der Waals surface area contributed by atoms with Crippen molar-refractivity contribution in [2.75, 3.05) is 13.9 Å². The molecule has 6 heteroatoms. The van der Waals surface area contributed by atoms with Crippen LogP contribution in [0.3, 0.4) is 0 Å². The predicted molar refractivity (Wildman–Crippen MR) is 68.6 cm³/mol. The summed E-state index contributed by atoms with van der Waals surface area (Å²) in [6.45, 7) is 1.34. The maximum absolute atomic E-state index is 11.3. The number of carbonyl (C=O) groups excluding carboxylic acids is 2. The Balaban J connectivity index is 3.00. The normalized spacial score (nSPS) is 9.82. The largest absolute Gasteiger partial charge is 0.467 e. The molecule has 0 N–H and O–H groups in total. The summed E-state index contributed by atoms with van der Waals surface area (Å²) in [5.41, 5.74) is 0.399. The Labute approximate surface area is 112 Å². The third-order valence-corrected chi connectivity index (χ3v) is 2.33. The van der Waals surface area contributed by atoms with Crippen molar-refractivity contribution in [3.63, 3.8) is 0 Å². The van der Waals surface area contributed by atoms with Crippen molar-refractivity contribution in [1.29, 1.82) is 0 Å². The molecule has 1 aromatic carbocycles. The number of halogens is 1. The first-order valence-corrected chi connectivity index (χ1v) is 5.76. The topological polar surface area (TPSA) is 61.8 Å². The van der Waals surface area contributed by atoms with E-state index in [1.165, 1.54) is 26.2 Å². The lowest BCUT2D eigenvalue weighted by Gasteiger charge is -2.08. The van der Waals surface area contributed by atoms with Crippen molar-refractivity contribution < 1.29 is 23.8 Å². The van der Waals surface area contributed by atoms with E-state index in [0.717, 1.165) is 0 Å². The van der Waals surface area contributed by atoms with Crippen LogP contribution < -0.4 is 9.47 Å². The van der Waals surface area contributed by atoms with Crippen LogP contribution in [0.15, 0.2) is 18.2 Å². The zero-order valence-corrected chi connectivity index (χ0v) is 11.5. The number of carbonyl (C=O) groups is 2. The van der Waals surface area contributed by atoms with Gasteiger partial charge in [-0.3, -0.25) is 9.59 Å². The lowest BCUT2D eigenvalue weighted by molar-refractivity contribution is -0.131. The second-order valence-corrected chi connectivity index (χ2v) is 4.09. The molecule has 5 nitrogen and oxygen atoms in total. The fourth-order valence-electron chi connectivity index (χ4n) is 1.12. The first-order chi connectivity index (χ1) is 8.02. The number of rotatable bonds is 5. The van der Waals surface area contributed by atoms with Gasteiger partial charge < -0.3 is 14.2 Å². The molecule has 1 rings (SSSR count). The smallest absolute Gasteiger partial charge is 0.308 e. The molecule has 1 aromatic rings. The molecule has 0 amide bonds. The highest BCUT2D eigenvalue weighted by Crippen LogP contribution is 2.24. The molecule has 0 bridgehead atoms. The highest BCUT2D eigenvalue weighted by molar-refractivity contribution is 14.1. The predicted octanol–water partition coefficient (Wildman–Crippen LogP) is 2.17. The Hall–Kier alpha value is -1.15. The SMILES string of the molecule is COCOc1cc(OC(C)=O)cc(C(=O)I)c1. The first kappa shape index (κ1) is 13.9. The summed E-state index contributed by atoms with van der Waals surface area (Å²) in [6, 6.07) is 4.56. The number of benzene rings is 1. The van der Waals surface area contributed by atoms with Crippen molar-refractivity contribution in [2.24, 2.45) is 0 Å². The van der Waals surface area contributed by atoms with Gasteiger partial charge in [-0.1, -0.05) is 0 Å². The minimum Gasteiger partial charge on any atom is -0.467 e. The third kappa shape index (κ3) is 4.70. The molecule has 0 aliphatic carbocycles. The van der Waals surface area contributed by atoms with Crippen molar-refractivity contribution in [2.45, 2.75) is 6.92 Å². The quantitative estimate of drug-likeness (QED) is 0.268. The summed E-state index contributed by atoms with van der Waals surface area (Å²) >= 11 is 1.65. The van der Waals surface area contributed by atoms with Gasteiger partial charge in [0.1, 0.15) is 11.5 Å². The van der Waals surface area contributed by atoms with Crippen LogP contribution in [-0.2, 0) is 9.53 Å². The zero-order valence-electron chi connectivity index (χ0n) is 9.36. The minimum atomic E-state index is -0.458. The van der Waals surface area contributed by atoms with Crippen LogP contribution in [0.25, 0.3) is 0 Å². The molecular weight excluding hydrogens is 339 g/mol. The Bertz CT molecular complexity index is 430. The molecule has 0 radical (unpaired) electrons. The van der Waals surface area contributed by atoms with Gasteiger partial charge in [-0.15, -0.1) is 0 Å². The van der Waals surface area contributed by atoms with Crippen LogP contribution >= 0.6 is 22.6 Å². The summed E-state index contributed by atoms with van der Waals surface area (Å²) in [4.78, 5) is 22.1. The summed E-state index contributed by atoms with van der Waals surface area (Å²) in [6.07, 6.45) is 0. The summed E-state index contributed by atoms with van der Waals surface area (Å²) < 4.78 is 14.7. The van der Waals surface area contributed by atoms with Gasteiger partial charge >= 0.3 is 5.97 Å². The van der Waals surface area contributed by atoms with Gasteiger partial charge in [0.15, 0.2) is 6.79 Å².